The molecule has 0 spiro atoms. The van der Waals surface area contributed by atoms with Crippen molar-refractivity contribution in [3.63, 3.8) is 0 Å². The van der Waals surface area contributed by atoms with Crippen LogP contribution in [0.3, 0.4) is 0 Å². The molecule has 2 aliphatic heterocycles. The minimum Gasteiger partial charge on any atom is -0.366 e. The summed E-state index contributed by atoms with van der Waals surface area (Å²) >= 11 is 3.49. The quantitative estimate of drug-likeness (QED) is 0.615. The van der Waals surface area contributed by atoms with E-state index in [0.29, 0.717) is 38.3 Å². The van der Waals surface area contributed by atoms with Gasteiger partial charge in [0.2, 0.25) is 15.9 Å². The van der Waals surface area contributed by atoms with Crippen LogP contribution in [0.1, 0.15) is 30.9 Å². The molecule has 8 heteroatoms. The van der Waals surface area contributed by atoms with Crippen LogP contribution in [0.25, 0.3) is 0 Å². The van der Waals surface area contributed by atoms with Gasteiger partial charge >= 0.3 is 0 Å². The molecular weight excluding hydrogens is 490 g/mol. The van der Waals surface area contributed by atoms with E-state index in [2.05, 4.69) is 52.9 Å². The predicted octanol–water partition coefficient (Wildman–Crippen LogP) is 3.96. The van der Waals surface area contributed by atoms with Gasteiger partial charge in [-0.25, -0.2) is 8.42 Å². The highest BCUT2D eigenvalue weighted by Crippen LogP contribution is 2.42. The van der Waals surface area contributed by atoms with Crippen LogP contribution >= 0.6 is 15.9 Å². The summed E-state index contributed by atoms with van der Waals surface area (Å²) < 4.78 is 30.0. The van der Waals surface area contributed by atoms with Gasteiger partial charge in [0.1, 0.15) is 4.90 Å². The Morgan fingerprint density at radius 1 is 1.09 bits per heavy atom. The summed E-state index contributed by atoms with van der Waals surface area (Å²) in [6.07, 6.45) is 2.50. The summed E-state index contributed by atoms with van der Waals surface area (Å²) in [4.78, 5) is 17.1. The summed E-state index contributed by atoms with van der Waals surface area (Å²) in [6, 6.07) is 12.0. The first kappa shape index (κ1) is 21.9. The summed E-state index contributed by atoms with van der Waals surface area (Å²) in [5.41, 5.74) is 3.84. The predicted molar refractivity (Wildman–Crippen MR) is 130 cm³/mol. The lowest BCUT2D eigenvalue weighted by atomic mass is 10.1. The number of carbonyl (C=O) groups is 1. The third kappa shape index (κ3) is 3.86. The molecule has 1 unspecified atom stereocenters. The molecule has 3 aliphatic rings. The average Bonchev–Trinajstić information content (AvgIpc) is 3.52. The maximum absolute atomic E-state index is 13.8. The minimum atomic E-state index is -3.75. The Bertz CT molecular complexity index is 1180. The normalized spacial score (nSPS) is 21.7. The number of rotatable bonds is 4. The van der Waals surface area contributed by atoms with E-state index in [0.717, 1.165) is 28.6 Å². The van der Waals surface area contributed by atoms with E-state index >= 15 is 0 Å². The van der Waals surface area contributed by atoms with Gasteiger partial charge in [-0.15, -0.1) is 0 Å². The fraction of sp³-hybridized carbons (Fsp3) is 0.458. The second kappa shape index (κ2) is 8.15. The van der Waals surface area contributed by atoms with E-state index in [4.69, 9.17) is 0 Å². The van der Waals surface area contributed by atoms with Gasteiger partial charge in [0.15, 0.2) is 0 Å². The Morgan fingerprint density at radius 3 is 2.56 bits per heavy atom. The van der Waals surface area contributed by atoms with Gasteiger partial charge in [-0.2, -0.15) is 4.31 Å². The first-order valence-corrected chi connectivity index (χ1v) is 13.5. The molecule has 170 valence electrons. The van der Waals surface area contributed by atoms with Gasteiger partial charge in [-0.3, -0.25) is 4.79 Å². The number of nitrogens with zero attached hydrogens (tertiary/aromatic N) is 3. The van der Waals surface area contributed by atoms with E-state index in [1.165, 1.54) is 5.56 Å². The number of piperazine rings is 1. The Balaban J connectivity index is 1.45. The molecule has 1 saturated carbocycles. The van der Waals surface area contributed by atoms with Crippen molar-refractivity contribution in [1.29, 1.82) is 0 Å². The van der Waals surface area contributed by atoms with E-state index in [-0.39, 0.29) is 22.8 Å². The summed E-state index contributed by atoms with van der Waals surface area (Å²) in [5.74, 6) is 0.123. The topological polar surface area (TPSA) is 60.9 Å². The van der Waals surface area contributed by atoms with Gasteiger partial charge in [-0.05, 0) is 68.5 Å². The molecule has 2 aromatic carbocycles. The molecule has 1 saturated heterocycles. The zero-order valence-corrected chi connectivity index (χ0v) is 20.8. The molecule has 0 radical (unpaired) electrons. The molecule has 0 N–H and O–H groups in total. The van der Waals surface area contributed by atoms with E-state index in [1.807, 2.05) is 12.1 Å². The number of anilines is 2. The molecule has 0 bridgehead atoms. The van der Waals surface area contributed by atoms with Gasteiger partial charge in [0.05, 0.1) is 5.69 Å². The van der Waals surface area contributed by atoms with Crippen LogP contribution in [0.5, 0.6) is 0 Å². The lowest BCUT2D eigenvalue weighted by Crippen LogP contribution is -2.53. The third-order valence-corrected chi connectivity index (χ3v) is 9.06. The standard InChI is InChI=1S/C24H28BrN3O3S/c1-16-4-3-5-21(12-16)27-11-10-26(15-17(27)2)32(30,31)22-14-20(25)13-19-8-9-28(23(19)22)24(29)18-6-7-18/h3-5,12-14,17-18H,6-11,15H2,1-2H3. The molecule has 2 heterocycles. The molecule has 6 nitrogen and oxygen atoms in total. The molecule has 0 aromatic heterocycles. The summed E-state index contributed by atoms with van der Waals surface area (Å²) in [6.45, 7) is 6.15. The molecule has 1 aliphatic carbocycles. The fourth-order valence-electron chi connectivity index (χ4n) is 4.91. The third-order valence-electron chi connectivity index (χ3n) is 6.73. The van der Waals surface area contributed by atoms with Crippen molar-refractivity contribution in [1.82, 2.24) is 4.31 Å². The Labute approximate surface area is 198 Å². The van der Waals surface area contributed by atoms with Gasteiger partial charge < -0.3 is 9.80 Å². The minimum absolute atomic E-state index is 0.0460. The monoisotopic (exact) mass is 517 g/mol. The van der Waals surface area contributed by atoms with Crippen LogP contribution < -0.4 is 9.80 Å². The molecule has 32 heavy (non-hydrogen) atoms. The number of hydrogen-bond acceptors (Lipinski definition) is 4. The number of amides is 1. The summed E-state index contributed by atoms with van der Waals surface area (Å²) in [5, 5.41) is 0. The Morgan fingerprint density at radius 2 is 1.88 bits per heavy atom. The maximum atomic E-state index is 13.8. The van der Waals surface area contributed by atoms with Crippen LogP contribution in [0.4, 0.5) is 11.4 Å². The van der Waals surface area contributed by atoms with E-state index < -0.39 is 10.0 Å². The number of aryl methyl sites for hydroxylation is 1. The number of sulfonamides is 1. The van der Waals surface area contributed by atoms with Crippen molar-refractivity contribution in [3.8, 4) is 0 Å². The molecule has 1 atom stereocenters. The highest BCUT2D eigenvalue weighted by molar-refractivity contribution is 9.10. The highest BCUT2D eigenvalue weighted by atomic mass is 79.9. The van der Waals surface area contributed by atoms with E-state index in [1.54, 1.807) is 15.3 Å². The second-order valence-electron chi connectivity index (χ2n) is 9.17. The lowest BCUT2D eigenvalue weighted by molar-refractivity contribution is -0.119. The van der Waals surface area contributed by atoms with Crippen molar-refractivity contribution in [3.05, 3.63) is 52.0 Å². The van der Waals surface area contributed by atoms with Crippen LogP contribution in [-0.2, 0) is 21.2 Å². The Kier molecular flexibility index (Phi) is 5.58. The van der Waals surface area contributed by atoms with E-state index in [9.17, 15) is 13.2 Å². The van der Waals surface area contributed by atoms with Crippen molar-refractivity contribution in [2.45, 2.75) is 44.0 Å². The number of benzene rings is 2. The molecule has 2 aromatic rings. The molecule has 5 rings (SSSR count). The van der Waals surface area contributed by atoms with Crippen LogP contribution in [0.15, 0.2) is 45.8 Å². The number of halogens is 1. The lowest BCUT2D eigenvalue weighted by Gasteiger charge is -2.41. The number of carbonyl (C=O) groups excluding carboxylic acids is 1. The highest BCUT2D eigenvalue weighted by Gasteiger charge is 2.41. The van der Waals surface area contributed by atoms with Gasteiger partial charge in [0, 0.05) is 48.3 Å². The molecular formula is C24H28BrN3O3S. The summed E-state index contributed by atoms with van der Waals surface area (Å²) in [7, 11) is -3.75. The van der Waals surface area contributed by atoms with Crippen molar-refractivity contribution >= 4 is 43.2 Å². The van der Waals surface area contributed by atoms with Crippen LogP contribution in [0, 0.1) is 12.8 Å². The first-order chi connectivity index (χ1) is 15.3. The zero-order chi connectivity index (χ0) is 22.6. The van der Waals surface area contributed by atoms with Crippen molar-refractivity contribution < 1.29 is 13.2 Å². The average molecular weight is 518 g/mol. The van der Waals surface area contributed by atoms with Crippen LogP contribution in [0.2, 0.25) is 0 Å². The number of hydrogen-bond donors (Lipinski definition) is 0. The van der Waals surface area contributed by atoms with Gasteiger partial charge in [-0.1, -0.05) is 28.1 Å². The smallest absolute Gasteiger partial charge is 0.245 e. The maximum Gasteiger partial charge on any atom is 0.245 e. The molecule has 2 fully saturated rings. The van der Waals surface area contributed by atoms with Gasteiger partial charge in [0.25, 0.3) is 0 Å². The van der Waals surface area contributed by atoms with Crippen LogP contribution in [-0.4, -0.2) is 50.9 Å². The Hall–Kier alpha value is -1.90. The SMILES string of the molecule is Cc1cccc(N2CCN(S(=O)(=O)c3cc(Br)cc4c3N(C(=O)C3CC3)CC4)CC2C)c1. The van der Waals surface area contributed by atoms with Crippen molar-refractivity contribution in [2.24, 2.45) is 5.92 Å². The molecule has 1 amide bonds. The largest absolute Gasteiger partial charge is 0.366 e. The van der Waals surface area contributed by atoms with Crippen molar-refractivity contribution in [2.75, 3.05) is 36.0 Å². The fourth-order valence-corrected chi connectivity index (χ4v) is 7.34. The number of fused-ring (bicyclic) bond motifs is 1. The first-order valence-electron chi connectivity index (χ1n) is 11.2. The second-order valence-corrected chi connectivity index (χ2v) is 12.0. The zero-order valence-electron chi connectivity index (χ0n) is 18.4.